The molecule has 0 saturated heterocycles. The number of nitrogens with one attached hydrogen (secondary N) is 1. The van der Waals surface area contributed by atoms with Crippen LogP contribution in [-0.2, 0) is 4.79 Å². The van der Waals surface area contributed by atoms with E-state index < -0.39 is 0 Å². The normalized spacial score (nSPS) is 15.3. The number of hydrogen-bond acceptors (Lipinski definition) is 4. The lowest BCUT2D eigenvalue weighted by molar-refractivity contribution is -0.126. The molecule has 0 rings (SSSR count). The summed E-state index contributed by atoms with van der Waals surface area (Å²) >= 11 is 4.23. The third-order valence-corrected chi connectivity index (χ3v) is 4.38. The molecule has 0 amide bonds. The number of thiol groups is 1. The van der Waals surface area contributed by atoms with Crippen LogP contribution in [0, 0.1) is 11.3 Å². The van der Waals surface area contributed by atoms with Crippen LogP contribution in [-0.4, -0.2) is 16.7 Å². The molecule has 16 heavy (non-hydrogen) atoms. The number of Topliss-reactive ketones (excluding diaryl/α,β-unsaturated/α-hetero) is 1. The highest BCUT2D eigenvalue weighted by molar-refractivity contribution is 8.69. The van der Waals surface area contributed by atoms with Gasteiger partial charge in [-0.2, -0.15) is 0 Å². The zero-order valence-electron chi connectivity index (χ0n) is 11.4. The molecule has 0 aromatic rings. The third kappa shape index (κ3) is 5.11. The van der Waals surface area contributed by atoms with E-state index in [1.54, 1.807) is 0 Å². The highest BCUT2D eigenvalue weighted by Crippen LogP contribution is 2.30. The van der Waals surface area contributed by atoms with Gasteiger partial charge in [0.15, 0.2) is 5.78 Å². The molecule has 0 aliphatic heterocycles. The molecule has 4 heteroatoms. The average Bonchev–Trinajstić information content (AvgIpc) is 2.11. The molecule has 0 fully saturated rings. The molecule has 1 N–H and O–H groups in total. The van der Waals surface area contributed by atoms with Gasteiger partial charge in [-0.3, -0.25) is 10.1 Å². The van der Waals surface area contributed by atoms with Crippen molar-refractivity contribution in [3.63, 3.8) is 0 Å². The van der Waals surface area contributed by atoms with Gasteiger partial charge in [0.25, 0.3) is 0 Å². The molecule has 96 valence electrons. The van der Waals surface area contributed by atoms with Crippen molar-refractivity contribution in [3.8, 4) is 0 Å². The maximum atomic E-state index is 12.2. The molecule has 2 nitrogen and oxygen atoms in total. The van der Waals surface area contributed by atoms with E-state index >= 15 is 0 Å². The Bertz CT molecular complexity index is 244. The second-order valence-electron chi connectivity index (χ2n) is 6.10. The van der Waals surface area contributed by atoms with E-state index in [1.165, 1.54) is 10.8 Å². The van der Waals surface area contributed by atoms with Crippen molar-refractivity contribution in [1.29, 1.82) is 0 Å². The van der Waals surface area contributed by atoms with Gasteiger partial charge in [0.05, 0.1) is 10.9 Å². The summed E-state index contributed by atoms with van der Waals surface area (Å²) in [6, 6.07) is -0.137. The fourth-order valence-corrected chi connectivity index (χ4v) is 1.75. The van der Waals surface area contributed by atoms with Gasteiger partial charge in [0.1, 0.15) is 0 Å². The summed E-state index contributed by atoms with van der Waals surface area (Å²) in [7, 11) is 1.43. The Morgan fingerprint density at radius 3 is 1.88 bits per heavy atom. The van der Waals surface area contributed by atoms with Gasteiger partial charge in [-0.15, -0.1) is 11.7 Å². The first-order valence-corrected chi connectivity index (χ1v) is 7.52. The van der Waals surface area contributed by atoms with Gasteiger partial charge in [-0.1, -0.05) is 45.4 Å². The van der Waals surface area contributed by atoms with Gasteiger partial charge in [0, 0.05) is 5.92 Å². The van der Waals surface area contributed by atoms with Crippen molar-refractivity contribution in [2.45, 2.75) is 59.4 Å². The van der Waals surface area contributed by atoms with Crippen LogP contribution in [0.3, 0.4) is 0 Å². The highest BCUT2D eigenvalue weighted by Gasteiger charge is 2.36. The Labute approximate surface area is 109 Å². The van der Waals surface area contributed by atoms with Crippen LogP contribution in [0.2, 0.25) is 0 Å². The van der Waals surface area contributed by atoms with E-state index in [1.807, 2.05) is 27.7 Å². The Hall–Kier alpha value is 0.330. The zero-order valence-corrected chi connectivity index (χ0v) is 13.1. The Morgan fingerprint density at radius 1 is 1.19 bits per heavy atom. The number of hydrogen-bond donors (Lipinski definition) is 2. The van der Waals surface area contributed by atoms with E-state index in [-0.39, 0.29) is 28.0 Å². The fourth-order valence-electron chi connectivity index (χ4n) is 1.42. The van der Waals surface area contributed by atoms with Crippen molar-refractivity contribution in [1.82, 2.24) is 5.32 Å². The second-order valence-corrected chi connectivity index (χ2v) is 7.85. The van der Waals surface area contributed by atoms with Crippen molar-refractivity contribution in [3.05, 3.63) is 0 Å². The van der Waals surface area contributed by atoms with Gasteiger partial charge in [-0.05, 0) is 19.3 Å². The lowest BCUT2D eigenvalue weighted by Crippen LogP contribution is -2.54. The monoisotopic (exact) mass is 263 g/mol. The first kappa shape index (κ1) is 16.3. The molecule has 0 unspecified atom stereocenters. The van der Waals surface area contributed by atoms with Gasteiger partial charge < -0.3 is 0 Å². The molecule has 1 atom stereocenters. The van der Waals surface area contributed by atoms with Gasteiger partial charge >= 0.3 is 0 Å². The minimum absolute atomic E-state index is 0.0532. The Balaban J connectivity index is 4.92. The number of carbonyl (C=O) groups is 1. The van der Waals surface area contributed by atoms with Gasteiger partial charge in [-0.25, -0.2) is 0 Å². The van der Waals surface area contributed by atoms with Crippen LogP contribution < -0.4 is 5.32 Å². The molecule has 0 radical (unpaired) electrons. The summed E-state index contributed by atoms with van der Waals surface area (Å²) in [4.78, 5) is 12.0. The largest absolute Gasteiger partial charge is 0.298 e. The summed E-state index contributed by atoms with van der Waals surface area (Å²) in [6.45, 7) is 14.2. The summed E-state index contributed by atoms with van der Waals surface area (Å²) in [5.41, 5.74) is -0.0812. The lowest BCUT2D eigenvalue weighted by atomic mass is 9.80. The van der Waals surface area contributed by atoms with Crippen LogP contribution in [0.15, 0.2) is 0 Å². The SMILES string of the molecule is CC(C)C(=O)[C@@H](NC(C)(C)SS)C(C)(C)C. The molecule has 0 aliphatic rings. The van der Waals surface area contributed by atoms with Crippen molar-refractivity contribution in [2.75, 3.05) is 0 Å². The number of rotatable bonds is 5. The Morgan fingerprint density at radius 2 is 1.62 bits per heavy atom. The standard InChI is InChI=1S/C12H25NOS2/c1-8(2)9(14)10(11(3,4)5)13-12(6,7)16-15/h8,10,13,15H,1-7H3/t10-/m1/s1. The van der Waals surface area contributed by atoms with Crippen LogP contribution in [0.1, 0.15) is 48.5 Å². The first-order chi connectivity index (χ1) is 7.01. The summed E-state index contributed by atoms with van der Waals surface area (Å²) in [5.74, 6) is 0.320. The first-order valence-electron chi connectivity index (χ1n) is 5.65. The maximum absolute atomic E-state index is 12.2. The summed E-state index contributed by atoms with van der Waals surface area (Å²) in [5, 5.41) is 3.40. The third-order valence-electron chi connectivity index (χ3n) is 2.44. The number of carbonyl (C=O) groups excluding carboxylic acids is 1. The molecule has 0 spiro atoms. The minimum atomic E-state index is -0.203. The fraction of sp³-hybridized carbons (Fsp3) is 0.917. The molecule has 0 aliphatic carbocycles. The highest BCUT2D eigenvalue weighted by atomic mass is 33.1. The molecular weight excluding hydrogens is 238 g/mol. The minimum Gasteiger partial charge on any atom is -0.298 e. The summed E-state index contributed by atoms with van der Waals surface area (Å²) in [6.07, 6.45) is 0. The molecule has 0 heterocycles. The molecular formula is C12H25NOS2. The summed E-state index contributed by atoms with van der Waals surface area (Å²) < 4.78 is 0. The topological polar surface area (TPSA) is 29.1 Å². The average molecular weight is 263 g/mol. The quantitative estimate of drug-likeness (QED) is 0.452. The smallest absolute Gasteiger partial charge is 0.152 e. The molecule has 0 aromatic heterocycles. The van der Waals surface area contributed by atoms with Crippen LogP contribution in [0.5, 0.6) is 0 Å². The van der Waals surface area contributed by atoms with E-state index in [4.69, 9.17) is 0 Å². The predicted octanol–water partition coefficient (Wildman–Crippen LogP) is 3.53. The van der Waals surface area contributed by atoms with E-state index in [9.17, 15) is 4.79 Å². The molecule has 0 aromatic carbocycles. The Kier molecular flexibility index (Phi) is 5.90. The van der Waals surface area contributed by atoms with Gasteiger partial charge in [0.2, 0.25) is 0 Å². The van der Waals surface area contributed by atoms with Crippen molar-refractivity contribution < 1.29 is 4.79 Å². The molecule has 0 bridgehead atoms. The van der Waals surface area contributed by atoms with E-state index in [0.29, 0.717) is 0 Å². The van der Waals surface area contributed by atoms with Crippen molar-refractivity contribution in [2.24, 2.45) is 11.3 Å². The van der Waals surface area contributed by atoms with E-state index in [0.717, 1.165) is 0 Å². The zero-order chi connectivity index (χ0) is 13.1. The number of ketones is 1. The van der Waals surface area contributed by atoms with Crippen molar-refractivity contribution >= 4 is 28.2 Å². The lowest BCUT2D eigenvalue weighted by Gasteiger charge is -2.37. The second kappa shape index (κ2) is 5.78. The van der Waals surface area contributed by atoms with Crippen LogP contribution >= 0.6 is 22.5 Å². The predicted molar refractivity (Wildman–Crippen MR) is 76.9 cm³/mol. The maximum Gasteiger partial charge on any atom is 0.152 e. The van der Waals surface area contributed by atoms with Crippen LogP contribution in [0.4, 0.5) is 0 Å². The van der Waals surface area contributed by atoms with Crippen LogP contribution in [0.25, 0.3) is 0 Å². The molecule has 0 saturated carbocycles. The van der Waals surface area contributed by atoms with E-state index in [2.05, 4.69) is 37.7 Å².